The highest BCUT2D eigenvalue weighted by atomic mass is 16.6. The van der Waals surface area contributed by atoms with Gasteiger partial charge in [0.2, 0.25) is 0 Å². The highest BCUT2D eigenvalue weighted by Gasteiger charge is 2.15. The lowest BCUT2D eigenvalue weighted by atomic mass is 10.2. The smallest absolute Gasteiger partial charge is 0.333 e. The van der Waals surface area contributed by atoms with E-state index in [0.29, 0.717) is 5.57 Å². The Morgan fingerprint density at radius 1 is 0.933 bits per heavy atom. The third-order valence-electron chi connectivity index (χ3n) is 3.63. The van der Waals surface area contributed by atoms with Gasteiger partial charge in [-0.2, -0.15) is 0 Å². The van der Waals surface area contributed by atoms with Crippen molar-refractivity contribution in [2.75, 3.05) is 39.6 Å². The first-order valence-electron chi connectivity index (χ1n) is 9.88. The van der Waals surface area contributed by atoms with E-state index in [1.807, 2.05) is 6.92 Å². The summed E-state index contributed by atoms with van der Waals surface area (Å²) in [4.78, 5) is 23.4. The van der Waals surface area contributed by atoms with Crippen LogP contribution in [0, 0.1) is 0 Å². The standard InChI is InChI=1S/C21H36O9/c1-14(2)20(24)29-11-17(5)27-10-16(4)28-12-18(6)30-21(25)15(3)9-19(23)13-26-8-7-22/h9,16-19,22-23H,1,7-8,10-13H2,2-6H3. The summed E-state index contributed by atoms with van der Waals surface area (Å²) in [5, 5.41) is 18.4. The van der Waals surface area contributed by atoms with Gasteiger partial charge in [-0.15, -0.1) is 0 Å². The summed E-state index contributed by atoms with van der Waals surface area (Å²) in [6.45, 7) is 12.4. The predicted molar refractivity (Wildman–Crippen MR) is 110 cm³/mol. The Hall–Kier alpha value is -1.78. The Labute approximate surface area is 178 Å². The van der Waals surface area contributed by atoms with Crippen molar-refractivity contribution in [3.8, 4) is 0 Å². The minimum Gasteiger partial charge on any atom is -0.460 e. The molecule has 174 valence electrons. The summed E-state index contributed by atoms with van der Waals surface area (Å²) >= 11 is 0. The molecule has 0 saturated carbocycles. The van der Waals surface area contributed by atoms with Gasteiger partial charge in [-0.3, -0.25) is 0 Å². The van der Waals surface area contributed by atoms with E-state index in [-0.39, 0.29) is 57.4 Å². The minimum atomic E-state index is -0.968. The number of rotatable bonds is 16. The Kier molecular flexibility index (Phi) is 15.0. The molecule has 0 spiro atoms. The first-order chi connectivity index (χ1) is 14.1. The molecule has 30 heavy (non-hydrogen) atoms. The third kappa shape index (κ3) is 14.2. The van der Waals surface area contributed by atoms with Crippen LogP contribution in [0.15, 0.2) is 23.8 Å². The number of hydrogen-bond acceptors (Lipinski definition) is 9. The lowest BCUT2D eigenvalue weighted by Crippen LogP contribution is -2.28. The van der Waals surface area contributed by atoms with Gasteiger partial charge >= 0.3 is 11.9 Å². The molecule has 0 amide bonds. The van der Waals surface area contributed by atoms with Crippen molar-refractivity contribution in [2.24, 2.45) is 0 Å². The molecular weight excluding hydrogens is 396 g/mol. The molecule has 0 aliphatic heterocycles. The molecule has 0 aliphatic carbocycles. The van der Waals surface area contributed by atoms with Crippen LogP contribution in [0.1, 0.15) is 34.6 Å². The van der Waals surface area contributed by atoms with Crippen molar-refractivity contribution in [3.63, 3.8) is 0 Å². The quantitative estimate of drug-likeness (QED) is 0.210. The van der Waals surface area contributed by atoms with Crippen molar-refractivity contribution in [2.45, 2.75) is 59.0 Å². The lowest BCUT2D eigenvalue weighted by molar-refractivity contribution is -0.150. The maximum absolute atomic E-state index is 12.0. The maximum Gasteiger partial charge on any atom is 0.333 e. The van der Waals surface area contributed by atoms with Gasteiger partial charge in [0.25, 0.3) is 0 Å². The van der Waals surface area contributed by atoms with Crippen LogP contribution in [-0.4, -0.2) is 86.2 Å². The molecule has 0 fully saturated rings. The van der Waals surface area contributed by atoms with Crippen molar-refractivity contribution >= 4 is 11.9 Å². The molecule has 0 radical (unpaired) electrons. The lowest BCUT2D eigenvalue weighted by Gasteiger charge is -2.20. The molecule has 0 saturated heterocycles. The van der Waals surface area contributed by atoms with Crippen LogP contribution < -0.4 is 0 Å². The molecule has 0 aromatic heterocycles. The van der Waals surface area contributed by atoms with Crippen molar-refractivity contribution < 1.29 is 43.5 Å². The molecule has 9 nitrogen and oxygen atoms in total. The highest BCUT2D eigenvalue weighted by Crippen LogP contribution is 2.06. The van der Waals surface area contributed by atoms with E-state index < -0.39 is 24.1 Å². The summed E-state index contributed by atoms with van der Waals surface area (Å²) < 4.78 is 26.4. The monoisotopic (exact) mass is 432 g/mol. The van der Waals surface area contributed by atoms with Crippen molar-refractivity contribution in [1.29, 1.82) is 0 Å². The van der Waals surface area contributed by atoms with E-state index in [2.05, 4.69) is 6.58 Å². The summed E-state index contributed by atoms with van der Waals surface area (Å²) in [5.74, 6) is -1.02. The second kappa shape index (κ2) is 16.0. The van der Waals surface area contributed by atoms with Gasteiger partial charge in [0, 0.05) is 11.1 Å². The second-order valence-electron chi connectivity index (χ2n) is 7.10. The molecule has 9 heteroatoms. The van der Waals surface area contributed by atoms with Crippen molar-refractivity contribution in [1.82, 2.24) is 0 Å². The number of carbonyl (C=O) groups excluding carboxylic acids is 2. The zero-order valence-electron chi connectivity index (χ0n) is 18.6. The zero-order valence-corrected chi connectivity index (χ0v) is 18.6. The van der Waals surface area contributed by atoms with Crippen LogP contribution in [-0.2, 0) is 33.3 Å². The average molecular weight is 433 g/mol. The number of aliphatic hydroxyl groups excluding tert-OH is 2. The SMILES string of the molecule is C=C(C)C(=O)OCC(C)OCC(C)OCC(C)OC(=O)C(C)=CC(O)COCCO. The fourth-order valence-electron chi connectivity index (χ4n) is 2.00. The minimum absolute atomic E-state index is 0.0216. The first kappa shape index (κ1) is 28.2. The van der Waals surface area contributed by atoms with E-state index in [9.17, 15) is 14.7 Å². The van der Waals surface area contributed by atoms with Gasteiger partial charge in [0.1, 0.15) is 12.7 Å². The number of hydrogen-bond donors (Lipinski definition) is 2. The van der Waals surface area contributed by atoms with E-state index in [1.54, 1.807) is 20.8 Å². The van der Waals surface area contributed by atoms with Crippen LogP contribution in [0.4, 0.5) is 0 Å². The van der Waals surface area contributed by atoms with Crippen LogP contribution >= 0.6 is 0 Å². The van der Waals surface area contributed by atoms with Gasteiger partial charge in [0.15, 0.2) is 0 Å². The Balaban J connectivity index is 4.12. The fraction of sp³-hybridized carbons (Fsp3) is 0.714. The van der Waals surface area contributed by atoms with E-state index in [1.165, 1.54) is 13.0 Å². The Morgan fingerprint density at radius 2 is 1.50 bits per heavy atom. The molecule has 0 bridgehead atoms. The molecular formula is C21H36O9. The number of ether oxygens (including phenoxy) is 5. The highest BCUT2D eigenvalue weighted by molar-refractivity contribution is 5.88. The Bertz CT molecular complexity index is 559. The third-order valence-corrected chi connectivity index (χ3v) is 3.63. The number of carbonyl (C=O) groups is 2. The van der Waals surface area contributed by atoms with Gasteiger partial charge in [-0.25, -0.2) is 9.59 Å². The molecule has 4 unspecified atom stereocenters. The molecule has 0 rings (SSSR count). The largest absolute Gasteiger partial charge is 0.460 e. The van der Waals surface area contributed by atoms with Gasteiger partial charge in [0.05, 0.1) is 51.3 Å². The van der Waals surface area contributed by atoms with Crippen LogP contribution in [0.5, 0.6) is 0 Å². The molecule has 4 atom stereocenters. The molecule has 0 aromatic carbocycles. The predicted octanol–water partition coefficient (Wildman–Crippen LogP) is 1.16. The van der Waals surface area contributed by atoms with E-state index in [4.69, 9.17) is 28.8 Å². The second-order valence-corrected chi connectivity index (χ2v) is 7.10. The topological polar surface area (TPSA) is 121 Å². The summed E-state index contributed by atoms with van der Waals surface area (Å²) in [5.41, 5.74) is 0.577. The molecule has 0 aromatic rings. The van der Waals surface area contributed by atoms with Gasteiger partial charge in [-0.05, 0) is 40.7 Å². The zero-order chi connectivity index (χ0) is 23.1. The van der Waals surface area contributed by atoms with Gasteiger partial charge in [-0.1, -0.05) is 6.58 Å². The normalized spacial score (nSPS) is 15.8. The first-order valence-corrected chi connectivity index (χ1v) is 9.88. The van der Waals surface area contributed by atoms with E-state index in [0.717, 1.165) is 0 Å². The van der Waals surface area contributed by atoms with Crippen LogP contribution in [0.3, 0.4) is 0 Å². The van der Waals surface area contributed by atoms with Crippen LogP contribution in [0.25, 0.3) is 0 Å². The van der Waals surface area contributed by atoms with E-state index >= 15 is 0 Å². The Morgan fingerprint density at radius 3 is 2.07 bits per heavy atom. The van der Waals surface area contributed by atoms with Crippen LogP contribution in [0.2, 0.25) is 0 Å². The number of esters is 2. The fourth-order valence-corrected chi connectivity index (χ4v) is 2.00. The van der Waals surface area contributed by atoms with Crippen molar-refractivity contribution in [3.05, 3.63) is 23.8 Å². The molecule has 0 aliphatic rings. The maximum atomic E-state index is 12.0. The van der Waals surface area contributed by atoms with Gasteiger partial charge < -0.3 is 33.9 Å². The number of aliphatic hydroxyl groups is 2. The summed E-state index contributed by atoms with van der Waals surface area (Å²) in [7, 11) is 0. The summed E-state index contributed by atoms with van der Waals surface area (Å²) in [6, 6.07) is 0. The molecule has 0 heterocycles. The average Bonchev–Trinajstić information content (AvgIpc) is 2.68. The molecule has 2 N–H and O–H groups in total. The summed E-state index contributed by atoms with van der Waals surface area (Å²) in [6.07, 6.45) is -0.682.